The summed E-state index contributed by atoms with van der Waals surface area (Å²) in [4.78, 5) is 17.2. The number of aromatic amines is 1. The Morgan fingerprint density at radius 2 is 2.25 bits per heavy atom. The zero-order valence-electron chi connectivity index (χ0n) is 15.5. The summed E-state index contributed by atoms with van der Waals surface area (Å²) in [6.07, 6.45) is 6.21. The molecule has 2 atom stereocenters. The Balaban J connectivity index is 1.66. The molecule has 1 fully saturated rings. The number of nitrogens with one attached hydrogen (secondary N) is 1. The first-order valence-electron chi connectivity index (χ1n) is 9.08. The second kappa shape index (κ2) is 8.56. The summed E-state index contributed by atoms with van der Waals surface area (Å²) in [5.74, 6) is 0.552. The second-order valence-electron chi connectivity index (χ2n) is 7.72. The number of rotatable bonds is 6. The van der Waals surface area contributed by atoms with Gasteiger partial charge >= 0.3 is 6.09 Å². The Hall–Kier alpha value is -1.49. The van der Waals surface area contributed by atoms with E-state index in [1.54, 1.807) is 0 Å². The third-order valence-electron chi connectivity index (χ3n) is 4.36. The molecular formula is C19H32N2O3. The maximum absolute atomic E-state index is 12.2. The van der Waals surface area contributed by atoms with Crippen LogP contribution in [-0.2, 0) is 9.47 Å². The molecule has 0 bridgehead atoms. The van der Waals surface area contributed by atoms with Gasteiger partial charge in [-0.1, -0.05) is 0 Å². The highest BCUT2D eigenvalue weighted by atomic mass is 16.6. The Bertz CT molecular complexity index is 493. The molecule has 136 valence electrons. The zero-order valence-corrected chi connectivity index (χ0v) is 15.5. The highest BCUT2D eigenvalue weighted by Crippen LogP contribution is 2.23. The summed E-state index contributed by atoms with van der Waals surface area (Å²) in [6.45, 7) is 10.2. The van der Waals surface area contributed by atoms with Gasteiger partial charge in [0, 0.05) is 31.6 Å². The van der Waals surface area contributed by atoms with Crippen molar-refractivity contribution in [3.8, 4) is 0 Å². The molecule has 1 saturated heterocycles. The standard InChI is InChI=1S/C19H32N2O3/c1-15(17-10-5-11-20-17)23-13-7-9-16-8-6-12-21(14-16)18(22)24-19(2,3)4/h5,10-11,15-16,20H,6-9,12-14H2,1-4H3/t15-,16-/m0/s1. The van der Waals surface area contributed by atoms with Crippen molar-refractivity contribution in [2.75, 3.05) is 19.7 Å². The van der Waals surface area contributed by atoms with Crippen LogP contribution in [0.15, 0.2) is 18.3 Å². The van der Waals surface area contributed by atoms with Crippen LogP contribution in [0.2, 0.25) is 0 Å². The Morgan fingerprint density at radius 1 is 1.46 bits per heavy atom. The minimum Gasteiger partial charge on any atom is -0.444 e. The van der Waals surface area contributed by atoms with Gasteiger partial charge in [-0.25, -0.2) is 4.79 Å². The summed E-state index contributed by atoms with van der Waals surface area (Å²) in [7, 11) is 0. The average Bonchev–Trinajstić information content (AvgIpc) is 3.04. The molecule has 2 heterocycles. The van der Waals surface area contributed by atoms with Gasteiger partial charge in [0.15, 0.2) is 0 Å². The van der Waals surface area contributed by atoms with E-state index in [0.29, 0.717) is 5.92 Å². The summed E-state index contributed by atoms with van der Waals surface area (Å²) >= 11 is 0. The van der Waals surface area contributed by atoms with E-state index < -0.39 is 5.60 Å². The largest absolute Gasteiger partial charge is 0.444 e. The summed E-state index contributed by atoms with van der Waals surface area (Å²) in [5, 5.41) is 0. The van der Waals surface area contributed by atoms with E-state index >= 15 is 0 Å². The van der Waals surface area contributed by atoms with Gasteiger partial charge in [0.05, 0.1) is 6.10 Å². The topological polar surface area (TPSA) is 54.6 Å². The molecule has 0 aromatic carbocycles. The van der Waals surface area contributed by atoms with Crippen LogP contribution >= 0.6 is 0 Å². The molecular weight excluding hydrogens is 304 g/mol. The SMILES string of the molecule is C[C@H](OCCC[C@@H]1CCCN(C(=O)OC(C)(C)C)C1)c1ccc[nH]1. The van der Waals surface area contributed by atoms with Crippen LogP contribution < -0.4 is 0 Å². The molecule has 1 aliphatic rings. The molecule has 1 aromatic heterocycles. The average molecular weight is 336 g/mol. The van der Waals surface area contributed by atoms with E-state index in [-0.39, 0.29) is 12.2 Å². The molecule has 1 amide bonds. The Morgan fingerprint density at radius 3 is 2.92 bits per heavy atom. The lowest BCUT2D eigenvalue weighted by Crippen LogP contribution is -2.42. The normalized spacial score (nSPS) is 20.0. The molecule has 0 unspecified atom stereocenters. The molecule has 0 aliphatic carbocycles. The third-order valence-corrected chi connectivity index (χ3v) is 4.36. The first-order valence-corrected chi connectivity index (χ1v) is 9.08. The van der Waals surface area contributed by atoms with Gasteiger partial charge in [0.1, 0.15) is 5.60 Å². The van der Waals surface area contributed by atoms with Crippen molar-refractivity contribution in [1.82, 2.24) is 9.88 Å². The van der Waals surface area contributed by atoms with Crippen LogP contribution in [0.3, 0.4) is 0 Å². The lowest BCUT2D eigenvalue weighted by atomic mass is 9.94. The number of hydrogen-bond acceptors (Lipinski definition) is 3. The number of H-pyrrole nitrogens is 1. The van der Waals surface area contributed by atoms with E-state index in [4.69, 9.17) is 9.47 Å². The molecule has 2 rings (SSSR count). The molecule has 1 aliphatic heterocycles. The van der Waals surface area contributed by atoms with Crippen LogP contribution in [0.5, 0.6) is 0 Å². The molecule has 24 heavy (non-hydrogen) atoms. The first kappa shape index (κ1) is 18.8. The minimum absolute atomic E-state index is 0.101. The predicted octanol–water partition coefficient (Wildman–Crippen LogP) is 4.52. The number of hydrogen-bond donors (Lipinski definition) is 1. The van der Waals surface area contributed by atoms with Crippen molar-refractivity contribution in [1.29, 1.82) is 0 Å². The van der Waals surface area contributed by atoms with E-state index in [9.17, 15) is 4.79 Å². The lowest BCUT2D eigenvalue weighted by Gasteiger charge is -2.34. The predicted molar refractivity (Wildman–Crippen MR) is 94.9 cm³/mol. The van der Waals surface area contributed by atoms with Gasteiger partial charge in [-0.05, 0) is 71.4 Å². The van der Waals surface area contributed by atoms with E-state index in [1.165, 1.54) is 6.42 Å². The number of ether oxygens (including phenoxy) is 2. The molecule has 5 heteroatoms. The van der Waals surface area contributed by atoms with Crippen molar-refractivity contribution < 1.29 is 14.3 Å². The van der Waals surface area contributed by atoms with Crippen LogP contribution in [0.25, 0.3) is 0 Å². The highest BCUT2D eigenvalue weighted by molar-refractivity contribution is 5.68. The Labute approximate surface area is 145 Å². The van der Waals surface area contributed by atoms with Gasteiger partial charge in [0.2, 0.25) is 0 Å². The van der Waals surface area contributed by atoms with Crippen molar-refractivity contribution in [2.24, 2.45) is 5.92 Å². The molecule has 0 radical (unpaired) electrons. The molecule has 1 N–H and O–H groups in total. The molecule has 0 spiro atoms. The highest BCUT2D eigenvalue weighted by Gasteiger charge is 2.27. The van der Waals surface area contributed by atoms with Crippen molar-refractivity contribution in [2.45, 2.75) is 65.1 Å². The number of nitrogens with zero attached hydrogens (tertiary/aromatic N) is 1. The van der Waals surface area contributed by atoms with Crippen molar-refractivity contribution >= 4 is 6.09 Å². The van der Waals surface area contributed by atoms with Gasteiger partial charge in [-0.15, -0.1) is 0 Å². The fourth-order valence-corrected chi connectivity index (χ4v) is 3.11. The Kier molecular flexibility index (Phi) is 6.72. The lowest BCUT2D eigenvalue weighted by molar-refractivity contribution is 0.0148. The zero-order chi connectivity index (χ0) is 17.6. The van der Waals surface area contributed by atoms with Crippen molar-refractivity contribution in [3.05, 3.63) is 24.0 Å². The quantitative estimate of drug-likeness (QED) is 0.777. The maximum atomic E-state index is 12.2. The number of carbonyl (C=O) groups is 1. The van der Waals surface area contributed by atoms with Gasteiger partial charge < -0.3 is 19.4 Å². The summed E-state index contributed by atoms with van der Waals surface area (Å²) in [5.41, 5.74) is 0.690. The molecule has 1 aromatic rings. The van der Waals surface area contributed by atoms with E-state index in [0.717, 1.165) is 44.7 Å². The van der Waals surface area contributed by atoms with Crippen LogP contribution in [0.4, 0.5) is 4.79 Å². The van der Waals surface area contributed by atoms with Crippen molar-refractivity contribution in [3.63, 3.8) is 0 Å². The summed E-state index contributed by atoms with van der Waals surface area (Å²) < 4.78 is 11.4. The number of likely N-dealkylation sites (tertiary alicyclic amines) is 1. The van der Waals surface area contributed by atoms with Gasteiger partial charge in [0.25, 0.3) is 0 Å². The van der Waals surface area contributed by atoms with E-state index in [2.05, 4.69) is 11.9 Å². The smallest absolute Gasteiger partial charge is 0.410 e. The first-order chi connectivity index (χ1) is 11.3. The fraction of sp³-hybridized carbons (Fsp3) is 0.737. The minimum atomic E-state index is -0.425. The fourth-order valence-electron chi connectivity index (χ4n) is 3.11. The maximum Gasteiger partial charge on any atom is 0.410 e. The van der Waals surface area contributed by atoms with Crippen LogP contribution in [0, 0.1) is 5.92 Å². The van der Waals surface area contributed by atoms with Gasteiger partial charge in [-0.2, -0.15) is 0 Å². The van der Waals surface area contributed by atoms with E-state index in [1.807, 2.05) is 44.0 Å². The molecule has 0 saturated carbocycles. The number of amides is 1. The van der Waals surface area contributed by atoms with Crippen LogP contribution in [-0.4, -0.2) is 41.3 Å². The number of carbonyl (C=O) groups excluding carboxylic acids is 1. The third kappa shape index (κ3) is 6.19. The van der Waals surface area contributed by atoms with Crippen LogP contribution in [0.1, 0.15) is 65.2 Å². The monoisotopic (exact) mass is 336 g/mol. The molecule has 5 nitrogen and oxygen atoms in total. The second-order valence-corrected chi connectivity index (χ2v) is 7.72. The summed E-state index contributed by atoms with van der Waals surface area (Å²) in [6, 6.07) is 4.03. The number of piperidine rings is 1. The van der Waals surface area contributed by atoms with Gasteiger partial charge in [-0.3, -0.25) is 0 Å². The number of aromatic nitrogens is 1.